The van der Waals surface area contributed by atoms with Gasteiger partial charge >= 0.3 is 0 Å². The number of halogens is 1. The lowest BCUT2D eigenvalue weighted by Crippen LogP contribution is -2.22. The first kappa shape index (κ1) is 10.9. The van der Waals surface area contributed by atoms with E-state index in [0.717, 1.165) is 6.07 Å². The molecule has 2 unspecified atom stereocenters. The summed E-state index contributed by atoms with van der Waals surface area (Å²) < 4.78 is 13.2. The maximum Gasteiger partial charge on any atom is 0.131 e. The molecule has 1 aromatic carbocycles. The van der Waals surface area contributed by atoms with E-state index in [1.54, 1.807) is 0 Å². The molecule has 0 aromatic heterocycles. The minimum Gasteiger partial charge on any atom is -0.399 e. The Kier molecular flexibility index (Phi) is 3.40. The van der Waals surface area contributed by atoms with E-state index in [1.807, 2.05) is 0 Å². The molecule has 0 aliphatic carbocycles. The second kappa shape index (κ2) is 4.36. The zero-order valence-corrected chi connectivity index (χ0v) is 7.39. The van der Waals surface area contributed by atoms with Crippen LogP contribution in [-0.4, -0.2) is 28.0 Å². The topological polar surface area (TPSA) is 86.7 Å². The summed E-state index contributed by atoms with van der Waals surface area (Å²) in [5.74, 6) is -0.704. The van der Waals surface area contributed by atoms with Gasteiger partial charge in [0.2, 0.25) is 0 Å². The van der Waals surface area contributed by atoms with Gasteiger partial charge < -0.3 is 21.1 Å². The molecule has 5 heteroatoms. The molecule has 0 amide bonds. The molecule has 0 saturated heterocycles. The smallest absolute Gasteiger partial charge is 0.131 e. The fourth-order valence-electron chi connectivity index (χ4n) is 1.09. The monoisotopic (exact) mass is 201 g/mol. The van der Waals surface area contributed by atoms with Crippen LogP contribution in [-0.2, 0) is 0 Å². The Morgan fingerprint density at radius 2 is 2.00 bits per heavy atom. The van der Waals surface area contributed by atoms with Crippen molar-refractivity contribution in [3.05, 3.63) is 29.6 Å². The molecular formula is C9H12FNO3. The highest BCUT2D eigenvalue weighted by atomic mass is 19.1. The molecule has 4 nitrogen and oxygen atoms in total. The summed E-state index contributed by atoms with van der Waals surface area (Å²) in [6.45, 7) is -0.634. The maximum atomic E-state index is 13.2. The van der Waals surface area contributed by atoms with Crippen LogP contribution in [0.3, 0.4) is 0 Å². The maximum absolute atomic E-state index is 13.2. The molecule has 0 bridgehead atoms. The molecule has 0 saturated carbocycles. The highest BCUT2D eigenvalue weighted by Gasteiger charge is 2.20. The Morgan fingerprint density at radius 1 is 1.36 bits per heavy atom. The van der Waals surface area contributed by atoms with Crippen LogP contribution in [0.2, 0.25) is 0 Å². The molecule has 78 valence electrons. The molecular weight excluding hydrogens is 189 g/mol. The summed E-state index contributed by atoms with van der Waals surface area (Å²) in [5.41, 5.74) is 5.45. The van der Waals surface area contributed by atoms with Crippen molar-refractivity contribution in [3.8, 4) is 0 Å². The van der Waals surface area contributed by atoms with E-state index in [9.17, 15) is 9.50 Å². The lowest BCUT2D eigenvalue weighted by atomic mass is 10.0. The molecule has 0 aliphatic rings. The standard InChI is InChI=1S/C9H12FNO3/c10-7-3-5(11)1-2-6(7)9(14)8(13)4-12/h1-3,8-9,12-14H,4,11H2. The third kappa shape index (κ3) is 2.20. The number of benzene rings is 1. The summed E-state index contributed by atoms with van der Waals surface area (Å²) >= 11 is 0. The number of aliphatic hydroxyl groups excluding tert-OH is 3. The molecule has 14 heavy (non-hydrogen) atoms. The van der Waals surface area contributed by atoms with Gasteiger partial charge in [-0.3, -0.25) is 0 Å². The van der Waals surface area contributed by atoms with Crippen LogP contribution >= 0.6 is 0 Å². The van der Waals surface area contributed by atoms with Crippen LogP contribution in [0.5, 0.6) is 0 Å². The summed E-state index contributed by atoms with van der Waals surface area (Å²) in [6.07, 6.45) is -2.84. The predicted octanol–water partition coefficient (Wildman–Crippen LogP) is -0.205. The number of nitrogen functional groups attached to an aromatic ring is 1. The average molecular weight is 201 g/mol. The molecule has 1 aromatic rings. The Morgan fingerprint density at radius 3 is 2.50 bits per heavy atom. The quantitative estimate of drug-likeness (QED) is 0.510. The third-order valence-corrected chi connectivity index (χ3v) is 1.89. The third-order valence-electron chi connectivity index (χ3n) is 1.89. The Hall–Kier alpha value is -1.17. The van der Waals surface area contributed by atoms with Crippen molar-refractivity contribution in [2.24, 2.45) is 0 Å². The minimum atomic E-state index is -1.44. The number of aliphatic hydroxyl groups is 3. The Bertz CT molecular complexity index is 319. The lowest BCUT2D eigenvalue weighted by molar-refractivity contribution is -0.0168. The van der Waals surface area contributed by atoms with Crippen molar-refractivity contribution in [3.63, 3.8) is 0 Å². The van der Waals surface area contributed by atoms with Crippen LogP contribution in [0.4, 0.5) is 10.1 Å². The number of nitrogens with two attached hydrogens (primary N) is 1. The summed E-state index contributed by atoms with van der Waals surface area (Å²) in [7, 11) is 0. The van der Waals surface area contributed by atoms with Gasteiger partial charge in [0, 0.05) is 11.3 Å². The van der Waals surface area contributed by atoms with Gasteiger partial charge in [0.15, 0.2) is 0 Å². The van der Waals surface area contributed by atoms with Crippen LogP contribution in [0.25, 0.3) is 0 Å². The molecule has 1 rings (SSSR count). The summed E-state index contributed by atoms with van der Waals surface area (Å²) in [4.78, 5) is 0. The highest BCUT2D eigenvalue weighted by molar-refractivity contribution is 5.41. The first-order chi connectivity index (χ1) is 6.56. The van der Waals surface area contributed by atoms with Crippen molar-refractivity contribution in [2.45, 2.75) is 12.2 Å². The van der Waals surface area contributed by atoms with Crippen LogP contribution in [0, 0.1) is 5.82 Å². The number of anilines is 1. The van der Waals surface area contributed by atoms with Crippen LogP contribution in [0.15, 0.2) is 18.2 Å². The molecule has 5 N–H and O–H groups in total. The van der Waals surface area contributed by atoms with E-state index < -0.39 is 24.6 Å². The zero-order valence-electron chi connectivity index (χ0n) is 7.39. The molecule has 0 radical (unpaired) electrons. The minimum absolute atomic E-state index is 0.0826. The largest absolute Gasteiger partial charge is 0.399 e. The van der Waals surface area contributed by atoms with Gasteiger partial charge in [-0.25, -0.2) is 4.39 Å². The van der Waals surface area contributed by atoms with Gasteiger partial charge in [-0.15, -0.1) is 0 Å². The van der Waals surface area contributed by atoms with Crippen molar-refractivity contribution < 1.29 is 19.7 Å². The van der Waals surface area contributed by atoms with Gasteiger partial charge in [-0.2, -0.15) is 0 Å². The van der Waals surface area contributed by atoms with Gasteiger partial charge in [-0.05, 0) is 12.1 Å². The predicted molar refractivity (Wildman–Crippen MR) is 48.9 cm³/mol. The van der Waals surface area contributed by atoms with Crippen LogP contribution < -0.4 is 5.73 Å². The molecule has 0 spiro atoms. The number of hydrogen-bond donors (Lipinski definition) is 4. The van der Waals surface area contributed by atoms with Gasteiger partial charge in [-0.1, -0.05) is 6.07 Å². The highest BCUT2D eigenvalue weighted by Crippen LogP contribution is 2.21. The Balaban J connectivity index is 2.95. The first-order valence-electron chi connectivity index (χ1n) is 4.08. The first-order valence-corrected chi connectivity index (χ1v) is 4.08. The van der Waals surface area contributed by atoms with E-state index >= 15 is 0 Å². The fourth-order valence-corrected chi connectivity index (χ4v) is 1.09. The van der Waals surface area contributed by atoms with Crippen molar-refractivity contribution in [1.29, 1.82) is 0 Å². The Labute approximate surface area is 80.4 Å². The van der Waals surface area contributed by atoms with E-state index in [4.69, 9.17) is 15.9 Å². The normalized spacial score (nSPS) is 15.1. The van der Waals surface area contributed by atoms with E-state index in [1.165, 1.54) is 12.1 Å². The van der Waals surface area contributed by atoms with Gasteiger partial charge in [0.1, 0.15) is 18.0 Å². The SMILES string of the molecule is Nc1ccc(C(O)C(O)CO)c(F)c1. The molecule has 0 aliphatic heterocycles. The van der Waals surface area contributed by atoms with Gasteiger partial charge in [0.25, 0.3) is 0 Å². The van der Waals surface area contributed by atoms with Crippen LogP contribution in [0.1, 0.15) is 11.7 Å². The molecule has 0 heterocycles. The molecule has 0 fully saturated rings. The van der Waals surface area contributed by atoms with Gasteiger partial charge in [0.05, 0.1) is 6.61 Å². The second-order valence-corrected chi connectivity index (χ2v) is 2.98. The fraction of sp³-hybridized carbons (Fsp3) is 0.333. The van der Waals surface area contributed by atoms with Crippen molar-refractivity contribution in [2.75, 3.05) is 12.3 Å². The van der Waals surface area contributed by atoms with E-state index in [2.05, 4.69) is 0 Å². The van der Waals surface area contributed by atoms with Crippen molar-refractivity contribution >= 4 is 5.69 Å². The molecule has 2 atom stereocenters. The van der Waals surface area contributed by atoms with E-state index in [0.29, 0.717) is 0 Å². The second-order valence-electron chi connectivity index (χ2n) is 2.98. The van der Waals surface area contributed by atoms with Crippen molar-refractivity contribution in [1.82, 2.24) is 0 Å². The average Bonchev–Trinajstić information content (AvgIpc) is 2.15. The number of hydrogen-bond acceptors (Lipinski definition) is 4. The summed E-state index contributed by atoms with van der Waals surface area (Å²) in [6, 6.07) is 3.72. The van der Waals surface area contributed by atoms with E-state index in [-0.39, 0.29) is 11.3 Å². The summed E-state index contributed by atoms with van der Waals surface area (Å²) in [5, 5.41) is 27.0. The lowest BCUT2D eigenvalue weighted by Gasteiger charge is -2.16. The zero-order chi connectivity index (χ0) is 10.7. The number of rotatable bonds is 3.